The van der Waals surface area contributed by atoms with Crippen LogP contribution in [0.3, 0.4) is 0 Å². The molecule has 0 N–H and O–H groups in total. The van der Waals surface area contributed by atoms with Gasteiger partial charge in [-0.25, -0.2) is 4.39 Å². The van der Waals surface area contributed by atoms with E-state index in [0.717, 1.165) is 0 Å². The fraction of sp³-hybridized carbons (Fsp3) is 0.444. The summed E-state index contributed by atoms with van der Waals surface area (Å²) in [5, 5.41) is 11.9. The molecule has 0 bridgehead atoms. The zero-order chi connectivity index (χ0) is 10.8. The summed E-state index contributed by atoms with van der Waals surface area (Å²) < 4.78 is 18.7. The molecule has 1 rings (SSSR count). The average molecular weight is 229 g/mol. The van der Waals surface area contributed by atoms with Crippen molar-refractivity contribution in [3.05, 3.63) is 22.1 Å². The van der Waals surface area contributed by atoms with E-state index in [-0.39, 0.29) is 5.82 Å². The third kappa shape index (κ3) is 2.91. The Bertz CT molecular complexity index is 352. The second kappa shape index (κ2) is 4.21. The molecule has 0 spiro atoms. The Morgan fingerprint density at radius 2 is 2.14 bits per heavy atom. The summed E-state index contributed by atoms with van der Waals surface area (Å²) in [5.74, 6) is -0.347. The smallest absolute Gasteiger partial charge is 0.186 e. The van der Waals surface area contributed by atoms with Crippen LogP contribution < -0.4 is 0 Å². The van der Waals surface area contributed by atoms with E-state index >= 15 is 0 Å². The maximum Gasteiger partial charge on any atom is 0.186 e. The van der Waals surface area contributed by atoms with E-state index in [9.17, 15) is 4.39 Å². The first-order valence-corrected chi connectivity index (χ1v) is 8.58. The SMILES string of the molecule is C[Si](C)(C)OC(C#N)c1cscc1F. The standard InChI is InChI=1S/C9H12FNOSSi/c1-14(2,3)12-9(4-11)7-5-13-6-8(7)10/h5-6,9H,1-3H3. The van der Waals surface area contributed by atoms with Crippen molar-refractivity contribution in [1.82, 2.24) is 0 Å². The van der Waals surface area contributed by atoms with Crippen LogP contribution in [-0.4, -0.2) is 8.32 Å². The Balaban J connectivity index is 2.85. The van der Waals surface area contributed by atoms with E-state index < -0.39 is 14.4 Å². The molecule has 0 aliphatic heterocycles. The molecule has 0 aromatic carbocycles. The van der Waals surface area contributed by atoms with Gasteiger partial charge in [0.15, 0.2) is 14.4 Å². The van der Waals surface area contributed by atoms with Gasteiger partial charge in [0.25, 0.3) is 0 Å². The van der Waals surface area contributed by atoms with Crippen LogP contribution in [0, 0.1) is 17.1 Å². The van der Waals surface area contributed by atoms with Gasteiger partial charge in [-0.1, -0.05) is 0 Å². The summed E-state index contributed by atoms with van der Waals surface area (Å²) >= 11 is 1.25. The minimum atomic E-state index is -1.80. The Kier molecular flexibility index (Phi) is 3.42. The van der Waals surface area contributed by atoms with E-state index in [4.69, 9.17) is 9.69 Å². The highest BCUT2D eigenvalue weighted by molar-refractivity contribution is 7.08. The second-order valence-corrected chi connectivity index (χ2v) is 9.12. The molecular formula is C9H12FNOSSi. The molecular weight excluding hydrogens is 217 g/mol. The summed E-state index contributed by atoms with van der Waals surface area (Å²) in [7, 11) is -1.80. The zero-order valence-corrected chi connectivity index (χ0v) is 10.2. The molecule has 0 fully saturated rings. The Labute approximate surface area is 88.1 Å². The van der Waals surface area contributed by atoms with Crippen LogP contribution in [0.2, 0.25) is 19.6 Å². The number of hydrogen-bond donors (Lipinski definition) is 0. The van der Waals surface area contributed by atoms with Gasteiger partial charge >= 0.3 is 0 Å². The molecule has 0 saturated heterocycles. The van der Waals surface area contributed by atoms with Gasteiger partial charge in [0.1, 0.15) is 5.82 Å². The van der Waals surface area contributed by atoms with Gasteiger partial charge in [-0.3, -0.25) is 0 Å². The predicted octanol–water partition coefficient (Wildman–Crippen LogP) is 3.30. The number of hydrogen-bond acceptors (Lipinski definition) is 3. The Morgan fingerprint density at radius 1 is 1.50 bits per heavy atom. The van der Waals surface area contributed by atoms with Crippen LogP contribution in [0.15, 0.2) is 10.8 Å². The number of thiophene rings is 1. The average Bonchev–Trinajstić information content (AvgIpc) is 2.45. The fourth-order valence-electron chi connectivity index (χ4n) is 0.991. The normalized spacial score (nSPS) is 13.6. The van der Waals surface area contributed by atoms with Crippen molar-refractivity contribution in [2.24, 2.45) is 0 Å². The van der Waals surface area contributed by atoms with Crippen molar-refractivity contribution >= 4 is 19.7 Å². The van der Waals surface area contributed by atoms with Gasteiger partial charge in [0, 0.05) is 16.3 Å². The first-order chi connectivity index (χ1) is 6.44. The maximum atomic E-state index is 13.2. The van der Waals surface area contributed by atoms with E-state index in [1.54, 1.807) is 5.38 Å². The summed E-state index contributed by atoms with van der Waals surface area (Å²) in [6.07, 6.45) is -0.757. The Hall–Kier alpha value is -0.703. The van der Waals surface area contributed by atoms with Crippen LogP contribution in [0.25, 0.3) is 0 Å². The lowest BCUT2D eigenvalue weighted by Gasteiger charge is -2.20. The lowest BCUT2D eigenvalue weighted by Crippen LogP contribution is -2.27. The van der Waals surface area contributed by atoms with Crippen molar-refractivity contribution < 1.29 is 8.82 Å². The van der Waals surface area contributed by atoms with Gasteiger partial charge in [-0.05, 0) is 19.6 Å². The van der Waals surface area contributed by atoms with Gasteiger partial charge in [-0.2, -0.15) is 5.26 Å². The number of rotatable bonds is 3. The van der Waals surface area contributed by atoms with Crippen LogP contribution in [0.1, 0.15) is 11.7 Å². The third-order valence-electron chi connectivity index (χ3n) is 1.51. The third-order valence-corrected chi connectivity index (χ3v) is 3.19. The molecule has 0 aliphatic rings. The largest absolute Gasteiger partial charge is 0.399 e. The van der Waals surface area contributed by atoms with Crippen molar-refractivity contribution in [1.29, 1.82) is 5.26 Å². The fourth-order valence-corrected chi connectivity index (χ4v) is 2.58. The van der Waals surface area contributed by atoms with Crippen LogP contribution >= 0.6 is 11.3 Å². The summed E-state index contributed by atoms with van der Waals surface area (Å²) in [4.78, 5) is 0. The second-order valence-electron chi connectivity index (χ2n) is 3.91. The van der Waals surface area contributed by atoms with Gasteiger partial charge in [0.05, 0.1) is 6.07 Å². The van der Waals surface area contributed by atoms with Crippen molar-refractivity contribution in [3.8, 4) is 6.07 Å². The molecule has 0 amide bonds. The molecule has 1 unspecified atom stereocenters. The molecule has 76 valence electrons. The molecule has 0 radical (unpaired) electrons. The Morgan fingerprint density at radius 3 is 2.50 bits per heavy atom. The lowest BCUT2D eigenvalue weighted by atomic mass is 10.2. The van der Waals surface area contributed by atoms with E-state index in [1.807, 2.05) is 25.7 Å². The lowest BCUT2D eigenvalue weighted by molar-refractivity contribution is 0.250. The monoisotopic (exact) mass is 229 g/mol. The molecule has 5 heteroatoms. The van der Waals surface area contributed by atoms with E-state index in [1.165, 1.54) is 16.7 Å². The molecule has 0 saturated carbocycles. The van der Waals surface area contributed by atoms with E-state index in [2.05, 4.69) is 0 Å². The maximum absolute atomic E-state index is 13.2. The highest BCUT2D eigenvalue weighted by Gasteiger charge is 2.24. The number of nitrogens with zero attached hydrogens (tertiary/aromatic N) is 1. The molecule has 1 aromatic heterocycles. The van der Waals surface area contributed by atoms with Crippen LogP contribution in [-0.2, 0) is 4.43 Å². The van der Waals surface area contributed by atoms with Gasteiger partial charge in [-0.15, -0.1) is 11.3 Å². The van der Waals surface area contributed by atoms with Crippen LogP contribution in [0.4, 0.5) is 4.39 Å². The molecule has 2 nitrogen and oxygen atoms in total. The van der Waals surface area contributed by atoms with Crippen molar-refractivity contribution in [2.75, 3.05) is 0 Å². The topological polar surface area (TPSA) is 33.0 Å². The summed E-state index contributed by atoms with van der Waals surface area (Å²) in [6, 6.07) is 1.98. The quantitative estimate of drug-likeness (QED) is 0.745. The predicted molar refractivity (Wildman–Crippen MR) is 57.1 cm³/mol. The zero-order valence-electron chi connectivity index (χ0n) is 8.37. The minimum absolute atomic E-state index is 0.347. The van der Waals surface area contributed by atoms with Gasteiger partial charge in [0.2, 0.25) is 0 Å². The van der Waals surface area contributed by atoms with E-state index in [0.29, 0.717) is 5.56 Å². The molecule has 0 aliphatic carbocycles. The molecule has 1 heterocycles. The van der Waals surface area contributed by atoms with Gasteiger partial charge < -0.3 is 4.43 Å². The highest BCUT2D eigenvalue weighted by atomic mass is 32.1. The first kappa shape index (κ1) is 11.4. The minimum Gasteiger partial charge on any atom is -0.399 e. The molecule has 14 heavy (non-hydrogen) atoms. The number of halogens is 1. The molecule has 1 atom stereocenters. The van der Waals surface area contributed by atoms with Crippen molar-refractivity contribution in [2.45, 2.75) is 25.7 Å². The van der Waals surface area contributed by atoms with Crippen LogP contribution in [0.5, 0.6) is 0 Å². The first-order valence-electron chi connectivity index (χ1n) is 4.23. The summed E-state index contributed by atoms with van der Waals surface area (Å²) in [6.45, 7) is 5.92. The summed E-state index contributed by atoms with van der Waals surface area (Å²) in [5.41, 5.74) is 0.361. The van der Waals surface area contributed by atoms with Crippen molar-refractivity contribution in [3.63, 3.8) is 0 Å². The number of nitriles is 1. The highest BCUT2D eigenvalue weighted by Crippen LogP contribution is 2.26. The molecule has 1 aromatic rings.